The summed E-state index contributed by atoms with van der Waals surface area (Å²) in [6.07, 6.45) is 1.62. The molecule has 0 spiro atoms. The molecule has 1 fully saturated rings. The number of halogens is 1. The summed E-state index contributed by atoms with van der Waals surface area (Å²) >= 11 is 5.78. The average molecular weight is 291 g/mol. The van der Waals surface area contributed by atoms with Gasteiger partial charge in [-0.2, -0.15) is 5.26 Å². The van der Waals surface area contributed by atoms with Crippen molar-refractivity contribution in [2.45, 2.75) is 0 Å². The van der Waals surface area contributed by atoms with E-state index in [1.807, 2.05) is 11.0 Å². The van der Waals surface area contributed by atoms with Crippen molar-refractivity contribution in [3.05, 3.63) is 41.1 Å². The number of piperazine rings is 1. The smallest absolute Gasteiger partial charge is 0.267 e. The molecule has 1 aromatic rings. The van der Waals surface area contributed by atoms with Gasteiger partial charge in [-0.25, -0.2) is 0 Å². The van der Waals surface area contributed by atoms with Crippen molar-refractivity contribution in [2.24, 2.45) is 0 Å². The van der Waals surface area contributed by atoms with E-state index in [9.17, 15) is 4.79 Å². The molecule has 0 atom stereocenters. The van der Waals surface area contributed by atoms with Gasteiger partial charge < -0.3 is 15.5 Å². The number of nitrogens with zero attached hydrogens (tertiary/aromatic N) is 2. The van der Waals surface area contributed by atoms with Crippen LogP contribution in [0.15, 0.2) is 36.0 Å². The quantitative estimate of drug-likeness (QED) is 0.655. The molecule has 1 aliphatic rings. The first-order valence-electron chi connectivity index (χ1n) is 6.32. The second-order valence-corrected chi connectivity index (χ2v) is 4.84. The standard InChI is InChI=1S/C14H15ClN4O/c15-12-1-3-13(4-2-12)18-14(20)11(9-16)10-19-7-5-17-6-8-19/h1-4,10,17H,5-8H2,(H,18,20)/b11-10-. The first kappa shape index (κ1) is 14.4. The van der Waals surface area contributed by atoms with Gasteiger partial charge in [0.1, 0.15) is 11.6 Å². The van der Waals surface area contributed by atoms with Crippen LogP contribution in [-0.4, -0.2) is 37.0 Å². The lowest BCUT2D eigenvalue weighted by Gasteiger charge is -2.26. The Kier molecular flexibility index (Phi) is 4.99. The second-order valence-electron chi connectivity index (χ2n) is 4.40. The van der Waals surface area contributed by atoms with E-state index in [4.69, 9.17) is 16.9 Å². The van der Waals surface area contributed by atoms with Crippen LogP contribution in [0.5, 0.6) is 0 Å². The highest BCUT2D eigenvalue weighted by atomic mass is 35.5. The monoisotopic (exact) mass is 290 g/mol. The summed E-state index contributed by atoms with van der Waals surface area (Å²) in [7, 11) is 0. The number of carbonyl (C=O) groups excluding carboxylic acids is 1. The molecule has 1 heterocycles. The van der Waals surface area contributed by atoms with Crippen LogP contribution in [0.25, 0.3) is 0 Å². The summed E-state index contributed by atoms with van der Waals surface area (Å²) in [5.41, 5.74) is 0.711. The predicted octanol–water partition coefficient (Wildman–Crippen LogP) is 1.59. The van der Waals surface area contributed by atoms with E-state index in [0.717, 1.165) is 26.2 Å². The van der Waals surface area contributed by atoms with Gasteiger partial charge in [-0.05, 0) is 24.3 Å². The molecule has 6 heteroatoms. The molecule has 104 valence electrons. The van der Waals surface area contributed by atoms with Crippen LogP contribution < -0.4 is 10.6 Å². The zero-order valence-corrected chi connectivity index (χ0v) is 11.7. The zero-order valence-electron chi connectivity index (χ0n) is 10.9. The third-order valence-corrected chi connectivity index (χ3v) is 3.18. The number of carbonyl (C=O) groups is 1. The fraction of sp³-hybridized carbons (Fsp3) is 0.286. The lowest BCUT2D eigenvalue weighted by atomic mass is 10.2. The van der Waals surface area contributed by atoms with Gasteiger partial charge in [-0.15, -0.1) is 0 Å². The van der Waals surface area contributed by atoms with E-state index >= 15 is 0 Å². The zero-order chi connectivity index (χ0) is 14.4. The Balaban J connectivity index is 2.03. The summed E-state index contributed by atoms with van der Waals surface area (Å²) in [5.74, 6) is -0.409. The van der Waals surface area contributed by atoms with Crippen LogP contribution in [0.2, 0.25) is 5.02 Å². The number of amides is 1. The predicted molar refractivity (Wildman–Crippen MR) is 78.2 cm³/mol. The number of hydrogen-bond acceptors (Lipinski definition) is 4. The molecule has 0 bridgehead atoms. The van der Waals surface area contributed by atoms with Crippen molar-refractivity contribution in [3.8, 4) is 6.07 Å². The lowest BCUT2D eigenvalue weighted by Crippen LogP contribution is -2.41. The summed E-state index contributed by atoms with van der Waals surface area (Å²) in [4.78, 5) is 14.0. The number of rotatable bonds is 3. The molecule has 0 unspecified atom stereocenters. The summed E-state index contributed by atoms with van der Waals surface area (Å²) < 4.78 is 0. The molecular formula is C14H15ClN4O. The molecule has 1 saturated heterocycles. The minimum absolute atomic E-state index is 0.0989. The number of hydrogen-bond donors (Lipinski definition) is 2. The van der Waals surface area contributed by atoms with Gasteiger partial charge >= 0.3 is 0 Å². The summed E-state index contributed by atoms with van der Waals surface area (Å²) in [6.45, 7) is 3.29. The van der Waals surface area contributed by atoms with E-state index in [1.54, 1.807) is 30.5 Å². The van der Waals surface area contributed by atoms with Crippen molar-refractivity contribution < 1.29 is 4.79 Å². The molecule has 0 aliphatic carbocycles. The van der Waals surface area contributed by atoms with Gasteiger partial charge in [0.25, 0.3) is 5.91 Å². The van der Waals surface area contributed by atoms with Crippen molar-refractivity contribution in [3.63, 3.8) is 0 Å². The molecule has 1 aliphatic heterocycles. The molecule has 1 aromatic carbocycles. The molecule has 2 N–H and O–H groups in total. The number of nitriles is 1. The molecule has 0 saturated carbocycles. The minimum Gasteiger partial charge on any atom is -0.374 e. The van der Waals surface area contributed by atoms with E-state index in [-0.39, 0.29) is 5.57 Å². The van der Waals surface area contributed by atoms with Crippen LogP contribution in [0.1, 0.15) is 0 Å². The third kappa shape index (κ3) is 3.98. The van der Waals surface area contributed by atoms with E-state index in [2.05, 4.69) is 10.6 Å². The second kappa shape index (κ2) is 6.94. The molecule has 1 amide bonds. The number of nitrogens with one attached hydrogen (secondary N) is 2. The highest BCUT2D eigenvalue weighted by molar-refractivity contribution is 6.30. The molecule has 0 radical (unpaired) electrons. The van der Waals surface area contributed by atoms with E-state index < -0.39 is 5.91 Å². The van der Waals surface area contributed by atoms with Crippen LogP contribution >= 0.6 is 11.6 Å². The summed E-state index contributed by atoms with van der Waals surface area (Å²) in [6, 6.07) is 8.70. The molecule has 5 nitrogen and oxygen atoms in total. The Hall–Kier alpha value is -2.03. The van der Waals surface area contributed by atoms with E-state index in [1.165, 1.54) is 0 Å². The van der Waals surface area contributed by atoms with Gasteiger partial charge in [0.15, 0.2) is 0 Å². The van der Waals surface area contributed by atoms with Gasteiger partial charge in [0, 0.05) is 43.1 Å². The fourth-order valence-corrected chi connectivity index (χ4v) is 1.99. The molecule has 2 rings (SSSR count). The fourth-order valence-electron chi connectivity index (χ4n) is 1.86. The van der Waals surface area contributed by atoms with Crippen LogP contribution in [-0.2, 0) is 4.79 Å². The van der Waals surface area contributed by atoms with Crippen LogP contribution in [0.3, 0.4) is 0 Å². The normalized spacial score (nSPS) is 15.6. The highest BCUT2D eigenvalue weighted by Gasteiger charge is 2.13. The van der Waals surface area contributed by atoms with Gasteiger partial charge in [0.2, 0.25) is 0 Å². The molecule has 20 heavy (non-hydrogen) atoms. The largest absolute Gasteiger partial charge is 0.374 e. The van der Waals surface area contributed by atoms with Crippen LogP contribution in [0.4, 0.5) is 5.69 Å². The average Bonchev–Trinajstić information content (AvgIpc) is 2.48. The SMILES string of the molecule is N#C/C(=C/N1CCNCC1)C(=O)Nc1ccc(Cl)cc1. The van der Waals surface area contributed by atoms with E-state index in [0.29, 0.717) is 10.7 Å². The Labute approximate surface area is 122 Å². The first-order chi connectivity index (χ1) is 9.69. The van der Waals surface area contributed by atoms with Gasteiger partial charge in [-0.3, -0.25) is 4.79 Å². The van der Waals surface area contributed by atoms with Crippen molar-refractivity contribution >= 4 is 23.2 Å². The lowest BCUT2D eigenvalue weighted by molar-refractivity contribution is -0.112. The van der Waals surface area contributed by atoms with Gasteiger partial charge in [-0.1, -0.05) is 11.6 Å². The third-order valence-electron chi connectivity index (χ3n) is 2.93. The highest BCUT2D eigenvalue weighted by Crippen LogP contribution is 2.14. The molecular weight excluding hydrogens is 276 g/mol. The number of anilines is 1. The summed E-state index contributed by atoms with van der Waals surface area (Å²) in [5, 5.41) is 15.6. The number of benzene rings is 1. The topological polar surface area (TPSA) is 68.2 Å². The Bertz CT molecular complexity index is 541. The molecule has 0 aromatic heterocycles. The van der Waals surface area contributed by atoms with Crippen LogP contribution in [0, 0.1) is 11.3 Å². The van der Waals surface area contributed by atoms with Crippen molar-refractivity contribution in [1.82, 2.24) is 10.2 Å². The van der Waals surface area contributed by atoms with Gasteiger partial charge in [0.05, 0.1) is 0 Å². The maximum atomic E-state index is 12.0. The maximum Gasteiger partial charge on any atom is 0.267 e. The Morgan fingerprint density at radius 1 is 1.35 bits per heavy atom. The Morgan fingerprint density at radius 3 is 2.60 bits per heavy atom. The minimum atomic E-state index is -0.409. The first-order valence-corrected chi connectivity index (χ1v) is 6.70. The maximum absolute atomic E-state index is 12.0. The van der Waals surface area contributed by atoms with Crippen molar-refractivity contribution in [2.75, 3.05) is 31.5 Å². The van der Waals surface area contributed by atoms with Crippen molar-refractivity contribution in [1.29, 1.82) is 5.26 Å². The Morgan fingerprint density at radius 2 is 2.00 bits per heavy atom.